The maximum atomic E-state index is 13.7. The highest BCUT2D eigenvalue weighted by atomic mass is 32.2. The Kier molecular flexibility index (Phi) is 3.43. The SMILES string of the molecule is NOCc1ccc(S(=O)(=O)C2COC2)c(F)c1. The van der Waals surface area contributed by atoms with Crippen LogP contribution in [0.1, 0.15) is 5.56 Å². The van der Waals surface area contributed by atoms with E-state index in [1.54, 1.807) is 0 Å². The molecule has 0 radical (unpaired) electrons. The van der Waals surface area contributed by atoms with Gasteiger partial charge in [0.05, 0.1) is 19.8 Å². The molecule has 1 fully saturated rings. The Hall–Kier alpha value is -1.02. The van der Waals surface area contributed by atoms with Gasteiger partial charge in [-0.1, -0.05) is 6.07 Å². The molecule has 1 saturated heterocycles. The fraction of sp³-hybridized carbons (Fsp3) is 0.400. The third-order valence-electron chi connectivity index (χ3n) is 2.60. The molecule has 0 saturated carbocycles. The maximum Gasteiger partial charge on any atom is 0.188 e. The third-order valence-corrected chi connectivity index (χ3v) is 4.69. The number of hydrogen-bond acceptors (Lipinski definition) is 5. The lowest BCUT2D eigenvalue weighted by Gasteiger charge is -2.25. The summed E-state index contributed by atoms with van der Waals surface area (Å²) in [6, 6.07) is 3.82. The Morgan fingerprint density at radius 1 is 1.47 bits per heavy atom. The lowest BCUT2D eigenvalue weighted by molar-refractivity contribution is 0.0415. The van der Waals surface area contributed by atoms with Crippen molar-refractivity contribution in [2.45, 2.75) is 16.8 Å². The van der Waals surface area contributed by atoms with Crippen molar-refractivity contribution < 1.29 is 22.4 Å². The summed E-state index contributed by atoms with van der Waals surface area (Å²) >= 11 is 0. The lowest BCUT2D eigenvalue weighted by Crippen LogP contribution is -2.40. The van der Waals surface area contributed by atoms with Crippen LogP contribution < -0.4 is 5.90 Å². The minimum Gasteiger partial charge on any atom is -0.379 e. The number of sulfone groups is 1. The van der Waals surface area contributed by atoms with E-state index >= 15 is 0 Å². The molecule has 2 N–H and O–H groups in total. The maximum absolute atomic E-state index is 13.7. The predicted molar refractivity (Wildman–Crippen MR) is 57.2 cm³/mol. The summed E-state index contributed by atoms with van der Waals surface area (Å²) in [6.45, 7) is 0.272. The zero-order valence-corrected chi connectivity index (χ0v) is 9.74. The predicted octanol–water partition coefficient (Wildman–Crippen LogP) is 0.388. The van der Waals surface area contributed by atoms with E-state index in [9.17, 15) is 12.8 Å². The molecular formula is C10H12FNO4S. The van der Waals surface area contributed by atoms with Gasteiger partial charge in [0.1, 0.15) is 16.0 Å². The molecule has 1 aliphatic rings. The van der Waals surface area contributed by atoms with Crippen LogP contribution in [0, 0.1) is 5.82 Å². The molecule has 0 aliphatic carbocycles. The van der Waals surface area contributed by atoms with Crippen molar-refractivity contribution in [3.8, 4) is 0 Å². The van der Waals surface area contributed by atoms with Gasteiger partial charge in [-0.25, -0.2) is 18.7 Å². The molecule has 0 bridgehead atoms. The van der Waals surface area contributed by atoms with Crippen molar-refractivity contribution in [2.24, 2.45) is 5.90 Å². The van der Waals surface area contributed by atoms with Gasteiger partial charge in [0.25, 0.3) is 0 Å². The largest absolute Gasteiger partial charge is 0.379 e. The van der Waals surface area contributed by atoms with Crippen LogP contribution in [0.25, 0.3) is 0 Å². The molecular weight excluding hydrogens is 249 g/mol. The Morgan fingerprint density at radius 2 is 2.18 bits per heavy atom. The molecule has 1 heterocycles. The van der Waals surface area contributed by atoms with Crippen LogP contribution >= 0.6 is 0 Å². The second-order valence-corrected chi connectivity index (χ2v) is 5.98. The van der Waals surface area contributed by atoms with Crippen LogP contribution in [0.15, 0.2) is 23.1 Å². The van der Waals surface area contributed by atoms with Crippen molar-refractivity contribution >= 4 is 9.84 Å². The van der Waals surface area contributed by atoms with E-state index in [-0.39, 0.29) is 24.7 Å². The number of hydrogen-bond donors (Lipinski definition) is 1. The Morgan fingerprint density at radius 3 is 2.65 bits per heavy atom. The van der Waals surface area contributed by atoms with Crippen molar-refractivity contribution in [2.75, 3.05) is 13.2 Å². The Balaban J connectivity index is 2.33. The first-order valence-electron chi connectivity index (χ1n) is 4.97. The second kappa shape index (κ2) is 4.69. The molecule has 0 aromatic heterocycles. The van der Waals surface area contributed by atoms with Gasteiger partial charge >= 0.3 is 0 Å². The van der Waals surface area contributed by atoms with Gasteiger partial charge in [-0.3, -0.25) is 4.84 Å². The summed E-state index contributed by atoms with van der Waals surface area (Å²) in [5.74, 6) is 4.07. The highest BCUT2D eigenvalue weighted by molar-refractivity contribution is 7.92. The molecule has 0 spiro atoms. The van der Waals surface area contributed by atoms with Crippen molar-refractivity contribution in [3.63, 3.8) is 0 Å². The second-order valence-electron chi connectivity index (χ2n) is 3.78. The smallest absolute Gasteiger partial charge is 0.188 e. The molecule has 0 unspecified atom stereocenters. The van der Waals surface area contributed by atoms with Gasteiger partial charge < -0.3 is 4.74 Å². The topological polar surface area (TPSA) is 78.6 Å². The number of benzene rings is 1. The summed E-state index contributed by atoms with van der Waals surface area (Å²) in [7, 11) is -3.64. The number of nitrogens with two attached hydrogens (primary N) is 1. The summed E-state index contributed by atoms with van der Waals surface area (Å²) in [5, 5.41) is -0.645. The molecule has 17 heavy (non-hydrogen) atoms. The average molecular weight is 261 g/mol. The van der Waals surface area contributed by atoms with Crippen LogP contribution in [0.5, 0.6) is 0 Å². The third kappa shape index (κ3) is 2.32. The summed E-state index contributed by atoms with van der Waals surface area (Å²) in [6.07, 6.45) is 0. The Bertz CT molecular complexity index is 513. The van der Waals surface area contributed by atoms with E-state index < -0.39 is 20.9 Å². The number of rotatable bonds is 4. The van der Waals surface area contributed by atoms with Gasteiger partial charge in [-0.15, -0.1) is 0 Å². The normalized spacial score (nSPS) is 16.8. The summed E-state index contributed by atoms with van der Waals surface area (Å²) < 4.78 is 42.3. The summed E-state index contributed by atoms with van der Waals surface area (Å²) in [5.41, 5.74) is 0.480. The minimum absolute atomic E-state index is 0.0315. The molecule has 1 aromatic rings. The van der Waals surface area contributed by atoms with E-state index in [4.69, 9.17) is 10.6 Å². The highest BCUT2D eigenvalue weighted by Crippen LogP contribution is 2.24. The fourth-order valence-electron chi connectivity index (χ4n) is 1.53. The van der Waals surface area contributed by atoms with Gasteiger partial charge in [-0.05, 0) is 17.7 Å². The Labute approximate surface area is 98.2 Å². The molecule has 2 rings (SSSR count). The zero-order valence-electron chi connectivity index (χ0n) is 8.93. The van der Waals surface area contributed by atoms with Gasteiger partial charge in [0.2, 0.25) is 0 Å². The van der Waals surface area contributed by atoms with Crippen LogP contribution in [0.4, 0.5) is 4.39 Å². The standard InChI is InChI=1S/C10H12FNO4S/c11-9-3-7(4-16-12)1-2-10(9)17(13,14)8-5-15-6-8/h1-3,8H,4-6,12H2. The van der Waals surface area contributed by atoms with Crippen molar-refractivity contribution in [1.82, 2.24) is 0 Å². The summed E-state index contributed by atoms with van der Waals surface area (Å²) in [4.78, 5) is 4.05. The first-order chi connectivity index (χ1) is 8.05. The van der Waals surface area contributed by atoms with Crippen LogP contribution in [0.3, 0.4) is 0 Å². The van der Waals surface area contributed by atoms with Crippen LogP contribution in [-0.2, 0) is 26.0 Å². The molecule has 1 aromatic carbocycles. The van der Waals surface area contributed by atoms with Gasteiger partial charge in [0, 0.05) is 0 Å². The molecule has 0 amide bonds. The van der Waals surface area contributed by atoms with Crippen LogP contribution in [-0.4, -0.2) is 26.9 Å². The molecule has 1 aliphatic heterocycles. The van der Waals surface area contributed by atoms with E-state index in [2.05, 4.69) is 4.84 Å². The first kappa shape index (κ1) is 12.4. The number of ether oxygens (including phenoxy) is 1. The minimum atomic E-state index is -3.64. The molecule has 0 atom stereocenters. The van der Waals surface area contributed by atoms with Gasteiger partial charge in [-0.2, -0.15) is 0 Å². The average Bonchev–Trinajstić information content (AvgIpc) is 2.13. The fourth-order valence-corrected chi connectivity index (χ4v) is 3.03. The van der Waals surface area contributed by atoms with Crippen molar-refractivity contribution in [3.05, 3.63) is 29.6 Å². The quantitative estimate of drug-likeness (QED) is 0.793. The zero-order chi connectivity index (χ0) is 12.5. The number of halogens is 1. The van der Waals surface area contributed by atoms with E-state index in [1.807, 2.05) is 0 Å². The van der Waals surface area contributed by atoms with E-state index in [0.29, 0.717) is 5.56 Å². The van der Waals surface area contributed by atoms with Gasteiger partial charge in [0.15, 0.2) is 9.84 Å². The van der Waals surface area contributed by atoms with Crippen LogP contribution in [0.2, 0.25) is 0 Å². The van der Waals surface area contributed by atoms with E-state index in [1.165, 1.54) is 12.1 Å². The van der Waals surface area contributed by atoms with E-state index in [0.717, 1.165) is 6.07 Å². The van der Waals surface area contributed by atoms with Crippen molar-refractivity contribution in [1.29, 1.82) is 0 Å². The monoisotopic (exact) mass is 261 g/mol. The lowest BCUT2D eigenvalue weighted by atomic mass is 10.2. The molecule has 5 nitrogen and oxygen atoms in total. The molecule has 94 valence electrons. The highest BCUT2D eigenvalue weighted by Gasteiger charge is 2.35. The molecule has 7 heteroatoms. The first-order valence-corrected chi connectivity index (χ1v) is 6.52.